The second-order valence-corrected chi connectivity index (χ2v) is 5.57. The van der Waals surface area contributed by atoms with Crippen LogP contribution in [0.15, 0.2) is 12.3 Å². The molecule has 0 bridgehead atoms. The fourth-order valence-electron chi connectivity index (χ4n) is 2.33. The van der Waals surface area contributed by atoms with Crippen LogP contribution in [0.5, 0.6) is 0 Å². The van der Waals surface area contributed by atoms with Crippen LogP contribution in [0, 0.1) is 0 Å². The normalized spacial score (nSPS) is 18.9. The standard InChI is InChI=1S/C13H17ClF3N3O/c1-9(21)8-19-2-4-20(5-3-19)12-11(14)6-10(7-18-12)13(15,16)17/h6-7,9,21H,2-5,8H2,1H3/t9-/m1/s1. The molecule has 2 rings (SSSR count). The third-order valence-electron chi connectivity index (χ3n) is 3.34. The van der Waals surface area contributed by atoms with Gasteiger partial charge in [0.25, 0.3) is 0 Å². The number of aromatic nitrogens is 1. The molecular formula is C13H17ClF3N3O. The van der Waals surface area contributed by atoms with E-state index in [2.05, 4.69) is 9.88 Å². The Morgan fingerprint density at radius 3 is 2.43 bits per heavy atom. The summed E-state index contributed by atoms with van der Waals surface area (Å²) in [5.41, 5.74) is -0.844. The molecule has 4 nitrogen and oxygen atoms in total. The number of nitrogens with zero attached hydrogens (tertiary/aromatic N) is 3. The maximum Gasteiger partial charge on any atom is 0.417 e. The third kappa shape index (κ3) is 4.21. The number of alkyl halides is 3. The molecule has 1 N–H and O–H groups in total. The van der Waals surface area contributed by atoms with Gasteiger partial charge in [-0.05, 0) is 13.0 Å². The molecule has 1 atom stereocenters. The molecule has 2 heterocycles. The van der Waals surface area contributed by atoms with Gasteiger partial charge in [-0.3, -0.25) is 4.90 Å². The van der Waals surface area contributed by atoms with E-state index in [0.717, 1.165) is 12.3 Å². The second-order valence-electron chi connectivity index (χ2n) is 5.16. The molecule has 1 aliphatic heterocycles. The largest absolute Gasteiger partial charge is 0.417 e. The number of aliphatic hydroxyl groups excluding tert-OH is 1. The van der Waals surface area contributed by atoms with Crippen LogP contribution in [-0.2, 0) is 6.18 Å². The molecule has 0 aromatic carbocycles. The molecule has 1 fully saturated rings. The van der Waals surface area contributed by atoms with Crippen LogP contribution in [0.3, 0.4) is 0 Å². The van der Waals surface area contributed by atoms with Crippen molar-refractivity contribution in [3.63, 3.8) is 0 Å². The minimum absolute atomic E-state index is 0.00815. The molecule has 0 aliphatic carbocycles. The summed E-state index contributed by atoms with van der Waals surface area (Å²) in [6.45, 7) is 4.96. The zero-order chi connectivity index (χ0) is 15.6. The van der Waals surface area contributed by atoms with Crippen LogP contribution < -0.4 is 4.90 Å². The van der Waals surface area contributed by atoms with E-state index in [1.165, 1.54) is 0 Å². The van der Waals surface area contributed by atoms with Crippen molar-refractivity contribution in [2.24, 2.45) is 0 Å². The minimum atomic E-state index is -4.44. The van der Waals surface area contributed by atoms with Crippen LogP contribution in [-0.4, -0.2) is 53.8 Å². The smallest absolute Gasteiger partial charge is 0.392 e. The molecule has 0 amide bonds. The average Bonchev–Trinajstić information content (AvgIpc) is 2.38. The predicted octanol–water partition coefficient (Wildman–Crippen LogP) is 2.26. The molecule has 0 radical (unpaired) electrons. The lowest BCUT2D eigenvalue weighted by molar-refractivity contribution is -0.137. The molecule has 8 heteroatoms. The first kappa shape index (κ1) is 16.3. The minimum Gasteiger partial charge on any atom is -0.392 e. The highest BCUT2D eigenvalue weighted by Gasteiger charge is 2.32. The molecular weight excluding hydrogens is 307 g/mol. The van der Waals surface area contributed by atoms with Crippen molar-refractivity contribution in [3.05, 3.63) is 22.8 Å². The summed E-state index contributed by atoms with van der Waals surface area (Å²) in [4.78, 5) is 7.82. The number of anilines is 1. The van der Waals surface area contributed by atoms with Gasteiger partial charge in [0.1, 0.15) is 5.82 Å². The van der Waals surface area contributed by atoms with Gasteiger partial charge in [0.2, 0.25) is 0 Å². The predicted molar refractivity (Wildman–Crippen MR) is 74.6 cm³/mol. The first-order chi connectivity index (χ1) is 9.77. The monoisotopic (exact) mass is 323 g/mol. The van der Waals surface area contributed by atoms with E-state index in [9.17, 15) is 18.3 Å². The average molecular weight is 324 g/mol. The van der Waals surface area contributed by atoms with Gasteiger partial charge >= 0.3 is 6.18 Å². The summed E-state index contributed by atoms with van der Waals surface area (Å²) >= 11 is 5.93. The maximum atomic E-state index is 12.6. The van der Waals surface area contributed by atoms with Gasteiger partial charge in [-0.25, -0.2) is 4.98 Å². The van der Waals surface area contributed by atoms with E-state index < -0.39 is 17.8 Å². The summed E-state index contributed by atoms with van der Waals surface area (Å²) in [7, 11) is 0. The van der Waals surface area contributed by atoms with E-state index in [0.29, 0.717) is 38.5 Å². The first-order valence-electron chi connectivity index (χ1n) is 6.65. The lowest BCUT2D eigenvalue weighted by Gasteiger charge is -2.36. The van der Waals surface area contributed by atoms with Crippen molar-refractivity contribution in [2.75, 3.05) is 37.6 Å². The van der Waals surface area contributed by atoms with Crippen LogP contribution in [0.1, 0.15) is 12.5 Å². The van der Waals surface area contributed by atoms with E-state index in [-0.39, 0.29) is 5.02 Å². The lowest BCUT2D eigenvalue weighted by atomic mass is 10.2. The number of hydrogen-bond donors (Lipinski definition) is 1. The fraction of sp³-hybridized carbons (Fsp3) is 0.615. The summed E-state index contributed by atoms with van der Waals surface area (Å²) in [6.07, 6.45) is -4.03. The van der Waals surface area contributed by atoms with Crippen LogP contribution >= 0.6 is 11.6 Å². The van der Waals surface area contributed by atoms with Crippen molar-refractivity contribution >= 4 is 17.4 Å². The van der Waals surface area contributed by atoms with Gasteiger partial charge in [-0.2, -0.15) is 13.2 Å². The molecule has 0 unspecified atom stereocenters. The van der Waals surface area contributed by atoms with E-state index in [1.54, 1.807) is 6.92 Å². The Bertz CT molecular complexity index is 488. The summed E-state index contributed by atoms with van der Waals surface area (Å²) < 4.78 is 37.7. The summed E-state index contributed by atoms with van der Waals surface area (Å²) in [5.74, 6) is 0.376. The van der Waals surface area contributed by atoms with E-state index >= 15 is 0 Å². The highest BCUT2D eigenvalue weighted by Crippen LogP contribution is 2.33. The van der Waals surface area contributed by atoms with Crippen LogP contribution in [0.4, 0.5) is 19.0 Å². The van der Waals surface area contributed by atoms with Crippen LogP contribution in [0.25, 0.3) is 0 Å². The second kappa shape index (κ2) is 6.37. The number of aliphatic hydroxyl groups is 1. The Balaban J connectivity index is 2.04. The Morgan fingerprint density at radius 2 is 1.95 bits per heavy atom. The van der Waals surface area contributed by atoms with Crippen molar-refractivity contribution in [1.29, 1.82) is 0 Å². The zero-order valence-electron chi connectivity index (χ0n) is 11.6. The summed E-state index contributed by atoms with van der Waals surface area (Å²) in [5, 5.41) is 9.35. The maximum absolute atomic E-state index is 12.6. The molecule has 1 aromatic rings. The topological polar surface area (TPSA) is 39.6 Å². The lowest BCUT2D eigenvalue weighted by Crippen LogP contribution is -2.48. The Hall–Kier alpha value is -1.05. The van der Waals surface area contributed by atoms with E-state index in [1.807, 2.05) is 4.90 Å². The molecule has 118 valence electrons. The number of hydrogen-bond acceptors (Lipinski definition) is 4. The van der Waals surface area contributed by atoms with Crippen molar-refractivity contribution in [3.8, 4) is 0 Å². The zero-order valence-corrected chi connectivity index (χ0v) is 12.3. The number of pyridine rings is 1. The number of halogens is 4. The Kier molecular flexibility index (Phi) is 4.95. The summed E-state index contributed by atoms with van der Waals surface area (Å²) in [6, 6.07) is 0.909. The Labute approximate surface area is 126 Å². The van der Waals surface area contributed by atoms with Gasteiger partial charge < -0.3 is 10.0 Å². The fourth-order valence-corrected chi connectivity index (χ4v) is 2.62. The molecule has 21 heavy (non-hydrogen) atoms. The quantitative estimate of drug-likeness (QED) is 0.926. The van der Waals surface area contributed by atoms with Crippen LogP contribution in [0.2, 0.25) is 5.02 Å². The van der Waals surface area contributed by atoms with Crippen molar-refractivity contribution in [2.45, 2.75) is 19.2 Å². The molecule has 1 aliphatic rings. The molecule has 1 aromatic heterocycles. The third-order valence-corrected chi connectivity index (χ3v) is 3.62. The number of β-amino-alcohol motifs (C(OH)–C–C–N with tert-alkyl or cyclic N) is 1. The molecule has 1 saturated heterocycles. The van der Waals surface area contributed by atoms with Gasteiger partial charge in [-0.15, -0.1) is 0 Å². The van der Waals surface area contributed by atoms with Gasteiger partial charge in [0, 0.05) is 38.9 Å². The van der Waals surface area contributed by atoms with Gasteiger partial charge in [-0.1, -0.05) is 11.6 Å². The Morgan fingerprint density at radius 1 is 1.33 bits per heavy atom. The van der Waals surface area contributed by atoms with Gasteiger partial charge in [0.15, 0.2) is 0 Å². The number of rotatable bonds is 3. The molecule has 0 saturated carbocycles. The first-order valence-corrected chi connectivity index (χ1v) is 7.03. The highest BCUT2D eigenvalue weighted by molar-refractivity contribution is 6.33. The number of piperazine rings is 1. The molecule has 0 spiro atoms. The highest BCUT2D eigenvalue weighted by atomic mass is 35.5. The van der Waals surface area contributed by atoms with Crippen molar-refractivity contribution < 1.29 is 18.3 Å². The van der Waals surface area contributed by atoms with E-state index in [4.69, 9.17) is 11.6 Å². The van der Waals surface area contributed by atoms with Gasteiger partial charge in [0.05, 0.1) is 16.7 Å². The SMILES string of the molecule is C[C@@H](O)CN1CCN(c2ncc(C(F)(F)F)cc2Cl)CC1. The van der Waals surface area contributed by atoms with Crippen molar-refractivity contribution in [1.82, 2.24) is 9.88 Å².